The Balaban J connectivity index is 2.57. The number of hydrogen-bond acceptors (Lipinski definition) is 3. The lowest BCUT2D eigenvalue weighted by atomic mass is 9.97. The second-order valence-corrected chi connectivity index (χ2v) is 5.64. The van der Waals surface area contributed by atoms with Crippen LogP contribution in [0, 0.1) is 5.82 Å². The molecule has 20 heavy (non-hydrogen) atoms. The van der Waals surface area contributed by atoms with Crippen molar-refractivity contribution >= 4 is 33.0 Å². The molecule has 0 aliphatic heterocycles. The molecule has 0 saturated carbocycles. The maximum atomic E-state index is 14.1. The lowest BCUT2D eigenvalue weighted by molar-refractivity contribution is 0.0125. The quantitative estimate of drug-likeness (QED) is 0.904. The highest BCUT2D eigenvalue weighted by atomic mass is 79.9. The maximum Gasteiger partial charge on any atom is 0.146 e. The van der Waals surface area contributed by atoms with Gasteiger partial charge in [-0.2, -0.15) is 0 Å². The molecule has 108 valence electrons. The molecule has 0 amide bonds. The Labute approximate surface area is 125 Å². The van der Waals surface area contributed by atoms with E-state index in [4.69, 9.17) is 0 Å². The van der Waals surface area contributed by atoms with Crippen molar-refractivity contribution in [1.82, 2.24) is 15.0 Å². The van der Waals surface area contributed by atoms with Crippen molar-refractivity contribution in [2.45, 2.75) is 38.8 Å². The molecule has 4 nitrogen and oxygen atoms in total. The lowest BCUT2D eigenvalue weighted by Crippen LogP contribution is -2.33. The summed E-state index contributed by atoms with van der Waals surface area (Å²) in [5.41, 5.74) is 0.627. The molecule has 0 unspecified atom stereocenters. The maximum absolute atomic E-state index is 14.1. The van der Waals surface area contributed by atoms with E-state index in [9.17, 15) is 9.50 Å². The van der Waals surface area contributed by atoms with Gasteiger partial charge in [-0.15, -0.1) is 5.10 Å². The van der Waals surface area contributed by atoms with Gasteiger partial charge in [-0.1, -0.05) is 31.7 Å². The Bertz CT molecular complexity index is 649. The monoisotopic (exact) mass is 341 g/mol. The van der Waals surface area contributed by atoms with Gasteiger partial charge < -0.3 is 5.11 Å². The average molecular weight is 342 g/mol. The third-order valence-corrected chi connectivity index (χ3v) is 4.41. The summed E-state index contributed by atoms with van der Waals surface area (Å²) in [5.74, 6) is -0.396. The second kappa shape index (κ2) is 5.61. The lowest BCUT2D eigenvalue weighted by Gasteiger charge is -2.25. The van der Waals surface area contributed by atoms with E-state index in [1.165, 1.54) is 6.08 Å². The van der Waals surface area contributed by atoms with Crippen LogP contribution in [0.4, 0.5) is 4.39 Å². The minimum absolute atomic E-state index is 0.280. The Morgan fingerprint density at radius 2 is 2.15 bits per heavy atom. The van der Waals surface area contributed by atoms with Crippen molar-refractivity contribution in [3.05, 3.63) is 28.5 Å². The highest BCUT2D eigenvalue weighted by Gasteiger charge is 2.26. The van der Waals surface area contributed by atoms with Crippen LogP contribution in [-0.2, 0) is 6.54 Å². The fourth-order valence-corrected chi connectivity index (χ4v) is 2.74. The first kappa shape index (κ1) is 15.1. The zero-order chi connectivity index (χ0) is 14.9. The molecule has 6 heteroatoms. The Kier molecular flexibility index (Phi) is 4.25. The zero-order valence-electron chi connectivity index (χ0n) is 11.5. The third kappa shape index (κ3) is 2.50. The van der Waals surface area contributed by atoms with Gasteiger partial charge in [-0.25, -0.2) is 9.07 Å². The van der Waals surface area contributed by atoms with E-state index in [2.05, 4.69) is 32.8 Å². The largest absolute Gasteiger partial charge is 0.388 e. The van der Waals surface area contributed by atoms with E-state index < -0.39 is 11.4 Å². The molecule has 1 aromatic carbocycles. The Hall–Kier alpha value is -1.27. The number of benzene rings is 1. The Morgan fingerprint density at radius 1 is 1.50 bits per heavy atom. The van der Waals surface area contributed by atoms with Crippen LogP contribution in [0.1, 0.15) is 32.3 Å². The minimum atomic E-state index is -0.867. The molecule has 0 aliphatic carbocycles. The smallest absolute Gasteiger partial charge is 0.146 e. The SMILES string of the molecule is C=Cc1cc2nnn(CC(O)(CC)CC)c2c(Br)c1F. The molecule has 0 atom stereocenters. The van der Waals surface area contributed by atoms with Gasteiger partial charge in [0.2, 0.25) is 0 Å². The van der Waals surface area contributed by atoms with Gasteiger partial charge in [0.15, 0.2) is 0 Å². The summed E-state index contributed by atoms with van der Waals surface area (Å²) in [6, 6.07) is 1.60. The predicted molar refractivity (Wildman–Crippen MR) is 80.8 cm³/mol. The van der Waals surface area contributed by atoms with Crippen LogP contribution in [0.25, 0.3) is 17.1 Å². The standard InChI is InChI=1S/C14H17BrFN3O/c1-4-9-7-10-13(11(15)12(9)16)19(18-17-10)8-14(20,5-2)6-3/h4,7,20H,1,5-6,8H2,2-3H3. The van der Waals surface area contributed by atoms with Crippen LogP contribution in [0.5, 0.6) is 0 Å². The van der Waals surface area contributed by atoms with Crippen molar-refractivity contribution < 1.29 is 9.50 Å². The topological polar surface area (TPSA) is 50.9 Å². The first-order valence-corrected chi connectivity index (χ1v) is 7.31. The van der Waals surface area contributed by atoms with E-state index in [-0.39, 0.29) is 6.54 Å². The molecule has 2 rings (SSSR count). The summed E-state index contributed by atoms with van der Waals surface area (Å²) in [7, 11) is 0. The molecule has 0 bridgehead atoms. The predicted octanol–water partition coefficient (Wildman–Crippen LogP) is 3.53. The number of hydrogen-bond donors (Lipinski definition) is 1. The summed E-state index contributed by atoms with van der Waals surface area (Å²) >= 11 is 3.25. The van der Waals surface area contributed by atoms with E-state index >= 15 is 0 Å². The minimum Gasteiger partial charge on any atom is -0.388 e. The highest BCUT2D eigenvalue weighted by molar-refractivity contribution is 9.10. The van der Waals surface area contributed by atoms with Crippen molar-refractivity contribution in [1.29, 1.82) is 0 Å². The van der Waals surface area contributed by atoms with Gasteiger partial charge in [0.1, 0.15) is 16.9 Å². The number of aromatic nitrogens is 3. The van der Waals surface area contributed by atoms with Gasteiger partial charge in [-0.3, -0.25) is 0 Å². The summed E-state index contributed by atoms with van der Waals surface area (Å²) in [6.07, 6.45) is 2.62. The van der Waals surface area contributed by atoms with Crippen molar-refractivity contribution in [3.8, 4) is 0 Å². The van der Waals surface area contributed by atoms with Crippen molar-refractivity contribution in [2.75, 3.05) is 0 Å². The molecule has 0 aliphatic rings. The number of rotatable bonds is 5. The average Bonchev–Trinajstić information content (AvgIpc) is 2.85. The molecule has 2 aromatic rings. The molecule has 0 saturated heterocycles. The van der Waals surface area contributed by atoms with Crippen molar-refractivity contribution in [3.63, 3.8) is 0 Å². The Morgan fingerprint density at radius 3 is 2.70 bits per heavy atom. The van der Waals surface area contributed by atoms with Crippen LogP contribution in [-0.4, -0.2) is 25.7 Å². The summed E-state index contributed by atoms with van der Waals surface area (Å²) in [5, 5.41) is 18.5. The van der Waals surface area contributed by atoms with Crippen LogP contribution < -0.4 is 0 Å². The van der Waals surface area contributed by atoms with Gasteiger partial charge in [0.25, 0.3) is 0 Å². The van der Waals surface area contributed by atoms with Crippen LogP contribution >= 0.6 is 15.9 Å². The highest BCUT2D eigenvalue weighted by Crippen LogP contribution is 2.30. The number of nitrogens with zero attached hydrogens (tertiary/aromatic N) is 3. The molecule has 0 fully saturated rings. The molecule has 1 aromatic heterocycles. The van der Waals surface area contributed by atoms with Gasteiger partial charge in [0.05, 0.1) is 16.6 Å². The summed E-state index contributed by atoms with van der Waals surface area (Å²) < 4.78 is 16.0. The van der Waals surface area contributed by atoms with Crippen LogP contribution in [0.3, 0.4) is 0 Å². The van der Waals surface area contributed by atoms with E-state index in [0.29, 0.717) is 33.9 Å². The van der Waals surface area contributed by atoms with Gasteiger partial charge in [0, 0.05) is 5.56 Å². The number of halogens is 2. The molecular formula is C14H17BrFN3O. The second-order valence-electron chi connectivity index (χ2n) is 4.84. The molecule has 0 radical (unpaired) electrons. The summed E-state index contributed by atoms with van der Waals surface area (Å²) in [6.45, 7) is 7.68. The fourth-order valence-electron chi connectivity index (χ4n) is 2.10. The van der Waals surface area contributed by atoms with E-state index in [1.54, 1.807) is 10.7 Å². The molecule has 1 heterocycles. The van der Waals surface area contributed by atoms with Crippen molar-refractivity contribution in [2.24, 2.45) is 0 Å². The van der Waals surface area contributed by atoms with Crippen LogP contribution in [0.2, 0.25) is 0 Å². The molecule has 0 spiro atoms. The number of fused-ring (bicyclic) bond motifs is 1. The third-order valence-electron chi connectivity index (χ3n) is 3.69. The van der Waals surface area contributed by atoms with Gasteiger partial charge >= 0.3 is 0 Å². The zero-order valence-corrected chi connectivity index (χ0v) is 13.1. The normalized spacial score (nSPS) is 12.1. The van der Waals surface area contributed by atoms with E-state index in [0.717, 1.165) is 0 Å². The van der Waals surface area contributed by atoms with Crippen LogP contribution in [0.15, 0.2) is 17.1 Å². The first-order chi connectivity index (χ1) is 9.45. The molecular weight excluding hydrogens is 325 g/mol. The summed E-state index contributed by atoms with van der Waals surface area (Å²) in [4.78, 5) is 0. The number of aliphatic hydroxyl groups is 1. The van der Waals surface area contributed by atoms with Gasteiger partial charge in [-0.05, 0) is 34.8 Å². The molecule has 1 N–H and O–H groups in total. The van der Waals surface area contributed by atoms with E-state index in [1.807, 2.05) is 13.8 Å². The first-order valence-electron chi connectivity index (χ1n) is 6.51. The fraction of sp³-hybridized carbons (Fsp3) is 0.429.